The van der Waals surface area contributed by atoms with Crippen molar-refractivity contribution in [3.05, 3.63) is 12.7 Å². The molecule has 4 aliphatic heterocycles. The van der Waals surface area contributed by atoms with Crippen LogP contribution in [0.2, 0.25) is 1.41 Å². The van der Waals surface area contributed by atoms with Gasteiger partial charge in [0, 0.05) is 70.7 Å². The zero-order valence-electron chi connectivity index (χ0n) is 75.5. The molecule has 0 bridgehead atoms. The molecule has 0 aromatic carbocycles. The standard InChI is InChI=1S/C72H134N7O48P7/c1-48-61(86)63(88)53(33-81)124-69(48)110-22-10-4-7-13-25-113-130(95,96)116-28-16-19-105-40-72(41-106-20-17-29-117-131(97,98)114-26-14-8-5-11-23-111-70-49(2)62(87)64(89)54(34-82)125-70,42-107-21-18-30-118-132(99,100)115-27-15-9-6-12-24-112-71-59(78-50(3)84)66(91)65(90)55(35-83)126-71)43-120-133(101,102)121-46-108-36-51(32-80)37-109-47-122-134(103,104)127-52-31-57(79-45-77-60-67(73)75-44-76-68(60)79)123-56(52)38-119-129(93,94)58(85)39-128(74)92/h44-45,48-49,51-57,59,61-66,69-71,80-83,86-91H,4-43,46-47H2,1-3H3,(H10-,73,74,75,76,78,84,92,93,94,95,96,97,98,99,100,101,102,103,104)/p+1/t48?,49?,51?,52-,53?,54?,55?,56+,57+,59?,61+,62+,63-,64-,65-,66+,69+,70+,71+,72?/m0/s1/i/hD. The van der Waals surface area contributed by atoms with E-state index >= 15 is 0 Å². The molecule has 6 heterocycles. The van der Waals surface area contributed by atoms with Crippen molar-refractivity contribution >= 4 is 83.1 Å². The maximum atomic E-state index is 13.8. The molecule has 0 radical (unpaired) electrons. The fourth-order valence-electron chi connectivity index (χ4n) is 13.4. The smallest absolute Gasteiger partial charge is 0.396 e. The number of nitrogens with one attached hydrogen (secondary N) is 1. The molecule has 2 aromatic heterocycles. The third-order valence-corrected chi connectivity index (χ3v) is 27.9. The van der Waals surface area contributed by atoms with Gasteiger partial charge in [-0.2, -0.15) is 0 Å². The van der Waals surface area contributed by atoms with Gasteiger partial charge in [-0.25, -0.2) is 37.8 Å². The van der Waals surface area contributed by atoms with E-state index in [-0.39, 0.29) is 109 Å². The Morgan fingerprint density at radius 3 is 1.35 bits per heavy atom. The monoisotopic (exact) mass is 2080 g/mol. The average molecular weight is 2080 g/mol. The van der Waals surface area contributed by atoms with Gasteiger partial charge >= 0.3 is 54.7 Å². The van der Waals surface area contributed by atoms with Gasteiger partial charge in [0.25, 0.3) is 5.52 Å². The number of hydrogen-bond donors (Lipinski definition) is 19. The second-order valence-electron chi connectivity index (χ2n) is 31.9. The molecule has 21 N–H and O–H groups in total. The Kier molecular flexibility index (Phi) is 54.3. The number of carbonyl (C=O) groups is 2. The van der Waals surface area contributed by atoms with Crippen molar-refractivity contribution in [1.82, 2.24) is 24.8 Å². The molecule has 14 unspecified atom stereocenters. The fourth-order valence-corrected chi connectivity index (χ4v) is 19.2. The molecule has 134 heavy (non-hydrogen) atoms. The van der Waals surface area contributed by atoms with Crippen LogP contribution in [0.15, 0.2) is 12.7 Å². The molecule has 26 atom stereocenters. The van der Waals surface area contributed by atoms with Gasteiger partial charge in [0.15, 0.2) is 45.3 Å². The van der Waals surface area contributed by atoms with Gasteiger partial charge in [-0.05, 0) is 57.8 Å². The Hall–Kier alpha value is -2.63. The van der Waals surface area contributed by atoms with Crippen molar-refractivity contribution in [3.63, 3.8) is 0 Å². The zero-order chi connectivity index (χ0) is 99.4. The van der Waals surface area contributed by atoms with Crippen LogP contribution in [0.1, 0.15) is 130 Å². The molecule has 62 heteroatoms. The van der Waals surface area contributed by atoms with E-state index in [2.05, 4.69) is 20.3 Å². The van der Waals surface area contributed by atoms with E-state index in [9.17, 15) is 122 Å². The number of aliphatic hydroxyl groups is 10. The number of amides is 1. The minimum Gasteiger partial charge on any atom is -0.396 e. The maximum Gasteiger partial charge on any atom is 0.474 e. The van der Waals surface area contributed by atoms with Crippen molar-refractivity contribution in [2.24, 2.45) is 28.7 Å². The summed E-state index contributed by atoms with van der Waals surface area (Å²) < 4.78 is 225. The summed E-state index contributed by atoms with van der Waals surface area (Å²) in [7, 11) is -32.4. The molecular formula is C72H135N7O48P7+. The minimum absolute atomic E-state index is 0.0207. The van der Waals surface area contributed by atoms with Crippen LogP contribution in [0.25, 0.3) is 11.2 Å². The number of carbonyl (C=O) groups excluding carboxylic acids is 2. The predicted molar refractivity (Wildman–Crippen MR) is 457 cm³/mol. The molecule has 2 aromatic rings. The summed E-state index contributed by atoms with van der Waals surface area (Å²) in [6.45, 7) is -6.24. The molecule has 780 valence electrons. The molecule has 4 fully saturated rings. The lowest BCUT2D eigenvalue weighted by molar-refractivity contribution is -0.282. The molecule has 0 saturated carbocycles. The molecule has 4 aliphatic rings. The Labute approximate surface area is 775 Å². The highest BCUT2D eigenvalue weighted by molar-refractivity contribution is 7.72. The van der Waals surface area contributed by atoms with Crippen molar-refractivity contribution in [3.8, 4) is 0 Å². The second-order valence-corrected chi connectivity index (χ2v) is 42.0. The summed E-state index contributed by atoms with van der Waals surface area (Å²) in [6, 6.07) is -1.14. The molecule has 0 aliphatic carbocycles. The van der Waals surface area contributed by atoms with Crippen LogP contribution in [0.4, 0.5) is 5.82 Å². The van der Waals surface area contributed by atoms with E-state index in [1.54, 1.807) is 13.8 Å². The number of imidazole rings is 1. The fraction of sp³-hybridized carbons (Fsp3) is 0.903. The summed E-state index contributed by atoms with van der Waals surface area (Å²) in [5.41, 5.74) is 4.54. The third kappa shape index (κ3) is 43.5. The number of aromatic nitrogens is 4. The highest BCUT2D eigenvalue weighted by Crippen LogP contribution is 2.52. The van der Waals surface area contributed by atoms with Crippen LogP contribution in [0, 0.1) is 23.2 Å². The summed E-state index contributed by atoms with van der Waals surface area (Å²) in [5.74, 6) is -2.73. The molecule has 55 nitrogen and oxygen atoms in total. The lowest BCUT2D eigenvalue weighted by Crippen LogP contribution is -2.64. The van der Waals surface area contributed by atoms with E-state index in [1.807, 2.05) is 0 Å². The number of rotatable bonds is 76. The number of anilines is 1. The van der Waals surface area contributed by atoms with E-state index in [1.165, 1.54) is 23.3 Å². The van der Waals surface area contributed by atoms with Gasteiger partial charge in [0.2, 0.25) is 12.1 Å². The largest absolute Gasteiger partial charge is 0.474 e. The van der Waals surface area contributed by atoms with Gasteiger partial charge in [-0.1, -0.05) is 56.9 Å². The highest BCUT2D eigenvalue weighted by Gasteiger charge is 2.49. The SMILES string of the molecule is [2H]N[P+](=O)CC(=O)P(=O)(O)OC[C@H]1O[C@@H](n2cnc3c(N)ncnc32)C[C@@H]1OP(=O)(O)OCOCC(CO)COCOP(=O)(O)OCC(COCCCOP(=O)(O)OCCCCCCO[C@@H]1OC(CO)[C@H](O)[C@H](O)C1C)(COCCCOP(=O)(O)OCCCCCCO[C@@H]1OC(CO)[C@H](O)[C@H](O)C1C)COCCCOP(=O)(O)OCCCCCCO[C@@H]1OC(CO)[C@H](O)[C@H](O)C1NC(C)=O. The number of phosphoric acid groups is 5. The first-order valence-electron chi connectivity index (χ1n) is 43.9. The van der Waals surface area contributed by atoms with E-state index in [4.69, 9.17) is 114 Å². The number of phosphoric ester groups is 5. The summed E-state index contributed by atoms with van der Waals surface area (Å²) in [4.78, 5) is 100. The topological polar surface area (TPSA) is 797 Å². The van der Waals surface area contributed by atoms with Gasteiger partial charge in [0.1, 0.15) is 79.0 Å². The lowest BCUT2D eigenvalue weighted by Gasteiger charge is -2.42. The minimum atomic E-state index is -5.24. The molecule has 0 spiro atoms. The molecule has 1 amide bonds. The van der Waals surface area contributed by atoms with Crippen LogP contribution in [0.5, 0.6) is 0 Å². The van der Waals surface area contributed by atoms with Crippen LogP contribution < -0.4 is 16.5 Å². The van der Waals surface area contributed by atoms with Crippen molar-refractivity contribution < 1.29 is 230 Å². The first-order chi connectivity index (χ1) is 64.0. The number of nitrogens with two attached hydrogens (primary N) is 2. The normalized spacial score (nSPS) is 28.3. The first kappa shape index (κ1) is 118. The second kappa shape index (κ2) is 61.5. The Morgan fingerprint density at radius 2 is 0.918 bits per heavy atom. The number of nitrogen functional groups attached to an aromatic ring is 1. The van der Waals surface area contributed by atoms with Gasteiger partial charge in [0.05, 0.1) is 136 Å². The molecule has 6 rings (SSSR count). The quantitative estimate of drug-likeness (QED) is 0.0247. The number of fused-ring (bicyclic) bond motifs is 1. The molecular weight excluding hydrogens is 1950 g/mol. The van der Waals surface area contributed by atoms with E-state index < -0.39 is 300 Å². The maximum absolute atomic E-state index is 13.8. The average Bonchev–Trinajstić information content (AvgIpc) is 1.61. The van der Waals surface area contributed by atoms with Gasteiger partial charge in [-0.3, -0.25) is 64.0 Å². The third-order valence-electron chi connectivity index (χ3n) is 20.9. The summed E-state index contributed by atoms with van der Waals surface area (Å²) in [5, 5.41) is 103. The van der Waals surface area contributed by atoms with Crippen molar-refractivity contribution in [2.75, 3.05) is 177 Å². The predicted octanol–water partition coefficient (Wildman–Crippen LogP) is 0.750. The van der Waals surface area contributed by atoms with E-state index in [0.29, 0.717) is 70.6 Å². The Morgan fingerprint density at radius 1 is 0.507 bits per heavy atom. The Balaban J connectivity index is 1.04. The number of unbranched alkanes of at least 4 members (excludes halogenated alkanes) is 9. The van der Waals surface area contributed by atoms with Crippen LogP contribution in [-0.2, 0) is 148 Å². The number of aliphatic hydroxyl groups excluding tert-OH is 10. The van der Waals surface area contributed by atoms with Crippen LogP contribution in [-0.4, -0.2) is 375 Å². The number of hydrogen-bond acceptors (Lipinski definition) is 46. The number of nitrogens with zero attached hydrogens (tertiary/aromatic N) is 4. The number of ether oxygens (including phenoxy) is 12. The van der Waals surface area contributed by atoms with Crippen molar-refractivity contribution in [2.45, 2.75) is 222 Å². The van der Waals surface area contributed by atoms with Gasteiger partial charge in [-0.15, -0.1) is 5.50 Å². The first-order valence-corrected chi connectivity index (χ1v) is 53.9. The van der Waals surface area contributed by atoms with E-state index in [0.717, 1.165) is 6.33 Å². The Bertz CT molecular complexity index is 3960. The van der Waals surface area contributed by atoms with Crippen molar-refractivity contribution in [1.29, 1.82) is 0 Å². The van der Waals surface area contributed by atoms with Crippen LogP contribution in [0.3, 0.4) is 0 Å². The van der Waals surface area contributed by atoms with Gasteiger partial charge < -0.3 is 153 Å². The summed E-state index contributed by atoms with van der Waals surface area (Å²) in [6.07, 6.45) is -12.0. The highest BCUT2D eigenvalue weighted by atomic mass is 31.2. The summed E-state index contributed by atoms with van der Waals surface area (Å²) >= 11 is 0. The molecule has 4 saturated heterocycles. The van der Waals surface area contributed by atoms with Crippen LogP contribution >= 0.6 is 54.7 Å². The zero-order valence-corrected chi connectivity index (χ0v) is 80.8. The lowest BCUT2D eigenvalue weighted by atomic mass is 9.92.